The van der Waals surface area contributed by atoms with Crippen LogP contribution in [0.3, 0.4) is 0 Å². The van der Waals surface area contributed by atoms with Gasteiger partial charge in [0.25, 0.3) is 0 Å². The van der Waals surface area contributed by atoms with E-state index in [1.54, 1.807) is 0 Å². The van der Waals surface area contributed by atoms with E-state index in [9.17, 15) is 0 Å². The van der Waals surface area contributed by atoms with Gasteiger partial charge >= 0.3 is 0 Å². The molecule has 1 saturated heterocycles. The number of halogens is 2. The zero-order valence-electron chi connectivity index (χ0n) is 11.7. The molecule has 0 atom stereocenters. The Kier molecular flexibility index (Phi) is 8.55. The van der Waals surface area contributed by atoms with Crippen LogP contribution in [-0.4, -0.2) is 54.9 Å². The van der Waals surface area contributed by atoms with E-state index in [0.717, 1.165) is 62.8 Å². The van der Waals surface area contributed by atoms with Crippen LogP contribution in [0.25, 0.3) is 0 Å². The second kappa shape index (κ2) is 9.65. The predicted octanol–water partition coefficient (Wildman–Crippen LogP) is 2.61. The van der Waals surface area contributed by atoms with Crippen LogP contribution in [0.4, 0.5) is 0 Å². The van der Waals surface area contributed by atoms with E-state index in [4.69, 9.17) is 28.9 Å². The molecule has 0 saturated carbocycles. The maximum atomic E-state index is 6.24. The number of nitrogens with two attached hydrogens (primary N) is 1. The fraction of sp³-hybridized carbons (Fsp3) is 0.714. The van der Waals surface area contributed by atoms with Gasteiger partial charge in [0.2, 0.25) is 0 Å². The van der Waals surface area contributed by atoms with Crippen molar-refractivity contribution < 1.29 is 0 Å². The number of hydrogen-bond acceptors (Lipinski definition) is 3. The van der Waals surface area contributed by atoms with E-state index in [1.165, 1.54) is 0 Å². The third-order valence-corrected chi connectivity index (χ3v) is 4.03. The van der Waals surface area contributed by atoms with Gasteiger partial charge in [-0.3, -0.25) is 4.90 Å². The Morgan fingerprint density at radius 3 is 2.47 bits per heavy atom. The normalized spacial score (nSPS) is 19.1. The summed E-state index contributed by atoms with van der Waals surface area (Å²) in [6, 6.07) is 0. The molecule has 0 spiro atoms. The van der Waals surface area contributed by atoms with Crippen molar-refractivity contribution >= 4 is 23.2 Å². The monoisotopic (exact) mass is 305 g/mol. The molecular formula is C14H25Cl2N3. The van der Waals surface area contributed by atoms with Crippen molar-refractivity contribution in [3.63, 3.8) is 0 Å². The minimum Gasteiger partial charge on any atom is -0.368 e. The molecule has 3 nitrogen and oxygen atoms in total. The smallest absolute Gasteiger partial charge is 0.0602 e. The van der Waals surface area contributed by atoms with Crippen LogP contribution < -0.4 is 5.73 Å². The van der Waals surface area contributed by atoms with E-state index < -0.39 is 0 Å². The van der Waals surface area contributed by atoms with E-state index in [0.29, 0.717) is 5.88 Å². The molecule has 110 valence electrons. The first-order chi connectivity index (χ1) is 9.22. The summed E-state index contributed by atoms with van der Waals surface area (Å²) >= 11 is 12.1. The third kappa shape index (κ3) is 5.74. The summed E-state index contributed by atoms with van der Waals surface area (Å²) in [6.07, 6.45) is 6.30. The molecule has 2 N–H and O–H groups in total. The number of alkyl halides is 1. The van der Waals surface area contributed by atoms with Crippen molar-refractivity contribution in [1.29, 1.82) is 0 Å². The largest absolute Gasteiger partial charge is 0.368 e. The van der Waals surface area contributed by atoms with Crippen molar-refractivity contribution in [2.24, 2.45) is 5.73 Å². The summed E-state index contributed by atoms with van der Waals surface area (Å²) in [5.41, 5.74) is 6.63. The lowest BCUT2D eigenvalue weighted by atomic mass is 10.2. The van der Waals surface area contributed by atoms with E-state index >= 15 is 0 Å². The molecule has 5 heteroatoms. The van der Waals surface area contributed by atoms with Crippen LogP contribution in [0.2, 0.25) is 0 Å². The lowest BCUT2D eigenvalue weighted by Gasteiger charge is -2.37. The average molecular weight is 306 g/mol. The summed E-state index contributed by atoms with van der Waals surface area (Å²) in [5.74, 6) is 0.373. The van der Waals surface area contributed by atoms with Crippen LogP contribution in [0.15, 0.2) is 22.9 Å². The Hall–Kier alpha value is -0.220. The Labute approximate surface area is 127 Å². The van der Waals surface area contributed by atoms with E-state index in [-0.39, 0.29) is 0 Å². The molecule has 0 aromatic carbocycles. The number of allylic oxidation sites excluding steroid dienone is 3. The summed E-state index contributed by atoms with van der Waals surface area (Å²) in [7, 11) is 0. The highest BCUT2D eigenvalue weighted by Crippen LogP contribution is 2.19. The van der Waals surface area contributed by atoms with Crippen molar-refractivity contribution in [2.75, 3.05) is 45.1 Å². The van der Waals surface area contributed by atoms with Gasteiger partial charge in [0, 0.05) is 26.2 Å². The molecule has 0 aliphatic carbocycles. The summed E-state index contributed by atoms with van der Waals surface area (Å²) in [6.45, 7) is 8.11. The fourth-order valence-electron chi connectivity index (χ4n) is 2.19. The number of rotatable bonds is 7. The standard InChI is InChI=1S/C14H25Cl2N3/c1-2-3-5-14(13(16)12-15)19-10-8-18(9-11-19)7-4-6-17/h3,5H,2,4,6-12,17H2,1H3/b5-3-,14-13-. The van der Waals surface area contributed by atoms with Crippen LogP contribution in [0.1, 0.15) is 19.8 Å². The molecule has 1 heterocycles. The van der Waals surface area contributed by atoms with Gasteiger partial charge in [-0.25, -0.2) is 0 Å². The van der Waals surface area contributed by atoms with Gasteiger partial charge in [-0.05, 0) is 32.0 Å². The quantitative estimate of drug-likeness (QED) is 0.580. The van der Waals surface area contributed by atoms with Gasteiger partial charge in [-0.15, -0.1) is 11.6 Å². The molecule has 0 amide bonds. The highest BCUT2D eigenvalue weighted by molar-refractivity contribution is 6.36. The lowest BCUT2D eigenvalue weighted by molar-refractivity contribution is 0.161. The van der Waals surface area contributed by atoms with Gasteiger partial charge in [-0.1, -0.05) is 24.6 Å². The highest BCUT2D eigenvalue weighted by Gasteiger charge is 2.18. The molecule has 0 aromatic heterocycles. The van der Waals surface area contributed by atoms with E-state index in [2.05, 4.69) is 28.9 Å². The second-order valence-corrected chi connectivity index (χ2v) is 5.43. The van der Waals surface area contributed by atoms with Gasteiger partial charge in [0.15, 0.2) is 0 Å². The van der Waals surface area contributed by atoms with Crippen LogP contribution in [0.5, 0.6) is 0 Å². The minimum atomic E-state index is 0.373. The summed E-state index contributed by atoms with van der Waals surface area (Å²) in [5, 5.41) is 0.738. The first kappa shape index (κ1) is 16.8. The molecule has 0 aromatic rings. The lowest BCUT2D eigenvalue weighted by Crippen LogP contribution is -2.46. The predicted molar refractivity (Wildman–Crippen MR) is 84.7 cm³/mol. The Morgan fingerprint density at radius 2 is 1.95 bits per heavy atom. The maximum absolute atomic E-state index is 6.24. The number of nitrogens with zero attached hydrogens (tertiary/aromatic N) is 2. The van der Waals surface area contributed by atoms with Crippen LogP contribution >= 0.6 is 23.2 Å². The molecule has 1 rings (SSSR count). The Balaban J connectivity index is 2.57. The average Bonchev–Trinajstić information content (AvgIpc) is 2.46. The topological polar surface area (TPSA) is 32.5 Å². The van der Waals surface area contributed by atoms with Gasteiger partial charge in [0.05, 0.1) is 16.6 Å². The first-order valence-electron chi connectivity index (χ1n) is 7.01. The molecule has 1 aliphatic rings. The maximum Gasteiger partial charge on any atom is 0.0602 e. The minimum absolute atomic E-state index is 0.373. The molecular weight excluding hydrogens is 281 g/mol. The van der Waals surface area contributed by atoms with Crippen LogP contribution in [0, 0.1) is 0 Å². The molecule has 0 bridgehead atoms. The molecule has 0 unspecified atom stereocenters. The molecule has 1 fully saturated rings. The molecule has 1 aliphatic heterocycles. The summed E-state index contributed by atoms with van der Waals surface area (Å²) < 4.78 is 0. The second-order valence-electron chi connectivity index (χ2n) is 4.71. The SMILES string of the molecule is CC/C=C\C(=C(\Cl)CCl)N1CCN(CCCN)CC1. The van der Waals surface area contributed by atoms with E-state index in [1.807, 2.05) is 0 Å². The Morgan fingerprint density at radius 1 is 1.26 bits per heavy atom. The zero-order valence-corrected chi connectivity index (χ0v) is 13.3. The number of piperazine rings is 1. The molecule has 0 radical (unpaired) electrons. The van der Waals surface area contributed by atoms with Gasteiger partial charge in [0.1, 0.15) is 0 Å². The zero-order chi connectivity index (χ0) is 14.1. The van der Waals surface area contributed by atoms with Crippen molar-refractivity contribution in [3.8, 4) is 0 Å². The molecule has 19 heavy (non-hydrogen) atoms. The van der Waals surface area contributed by atoms with Crippen molar-refractivity contribution in [1.82, 2.24) is 9.80 Å². The fourth-order valence-corrected chi connectivity index (χ4v) is 2.51. The Bertz CT molecular complexity index is 308. The third-order valence-electron chi connectivity index (χ3n) is 3.30. The van der Waals surface area contributed by atoms with Crippen molar-refractivity contribution in [3.05, 3.63) is 22.9 Å². The first-order valence-corrected chi connectivity index (χ1v) is 7.92. The van der Waals surface area contributed by atoms with Gasteiger partial charge < -0.3 is 10.6 Å². The van der Waals surface area contributed by atoms with Gasteiger partial charge in [-0.2, -0.15) is 0 Å². The van der Waals surface area contributed by atoms with Crippen LogP contribution in [-0.2, 0) is 0 Å². The van der Waals surface area contributed by atoms with Crippen molar-refractivity contribution in [2.45, 2.75) is 19.8 Å². The highest BCUT2D eigenvalue weighted by atomic mass is 35.5. The summed E-state index contributed by atoms with van der Waals surface area (Å²) in [4.78, 5) is 4.79. The number of hydrogen-bond donors (Lipinski definition) is 1.